The summed E-state index contributed by atoms with van der Waals surface area (Å²) in [6, 6.07) is 19.6. The van der Waals surface area contributed by atoms with Crippen LogP contribution >= 0.6 is 0 Å². The molecule has 3 heteroatoms. The second kappa shape index (κ2) is 6.31. The SMILES string of the molecule is Cc1ccc(C(NC(=O)c2ccoc2)c2ccccc2)cc1. The molecule has 1 aromatic heterocycles. The molecule has 0 aliphatic rings. The first kappa shape index (κ1) is 14.1. The average molecular weight is 291 g/mol. The minimum absolute atomic E-state index is 0.150. The number of amides is 1. The van der Waals surface area contributed by atoms with Crippen molar-refractivity contribution in [2.24, 2.45) is 0 Å². The lowest BCUT2D eigenvalue weighted by molar-refractivity contribution is 0.0942. The number of nitrogens with one attached hydrogen (secondary N) is 1. The molecule has 3 nitrogen and oxygen atoms in total. The lowest BCUT2D eigenvalue weighted by Crippen LogP contribution is -2.29. The van der Waals surface area contributed by atoms with Crippen LogP contribution < -0.4 is 5.32 Å². The molecular formula is C19H17NO2. The van der Waals surface area contributed by atoms with Gasteiger partial charge >= 0.3 is 0 Å². The van der Waals surface area contributed by atoms with Crippen molar-refractivity contribution in [3.8, 4) is 0 Å². The van der Waals surface area contributed by atoms with Crippen LogP contribution in [0, 0.1) is 6.92 Å². The Labute approximate surface area is 129 Å². The topological polar surface area (TPSA) is 42.2 Å². The van der Waals surface area contributed by atoms with Crippen molar-refractivity contribution >= 4 is 5.91 Å². The molecule has 0 spiro atoms. The van der Waals surface area contributed by atoms with Crippen molar-refractivity contribution in [2.45, 2.75) is 13.0 Å². The van der Waals surface area contributed by atoms with Gasteiger partial charge in [0, 0.05) is 0 Å². The normalized spacial score (nSPS) is 11.9. The van der Waals surface area contributed by atoms with Crippen molar-refractivity contribution in [1.29, 1.82) is 0 Å². The molecule has 0 saturated carbocycles. The fraction of sp³-hybridized carbons (Fsp3) is 0.105. The van der Waals surface area contributed by atoms with E-state index in [0.29, 0.717) is 5.56 Å². The zero-order chi connectivity index (χ0) is 15.4. The van der Waals surface area contributed by atoms with Crippen LogP contribution in [0.1, 0.15) is 33.1 Å². The van der Waals surface area contributed by atoms with E-state index >= 15 is 0 Å². The minimum Gasteiger partial charge on any atom is -0.472 e. The van der Waals surface area contributed by atoms with E-state index < -0.39 is 0 Å². The Morgan fingerprint density at radius 3 is 2.27 bits per heavy atom. The number of carbonyl (C=O) groups excluding carboxylic acids is 1. The predicted octanol–water partition coefficient (Wildman–Crippen LogP) is 4.11. The Bertz CT molecular complexity index is 731. The number of aryl methyl sites for hydroxylation is 1. The molecule has 1 unspecified atom stereocenters. The van der Waals surface area contributed by atoms with Gasteiger partial charge in [-0.25, -0.2) is 0 Å². The molecule has 1 atom stereocenters. The summed E-state index contributed by atoms with van der Waals surface area (Å²) in [4.78, 5) is 12.4. The Morgan fingerprint density at radius 2 is 1.64 bits per heavy atom. The smallest absolute Gasteiger partial charge is 0.255 e. The van der Waals surface area contributed by atoms with Crippen molar-refractivity contribution < 1.29 is 9.21 Å². The molecule has 0 aliphatic carbocycles. The number of carbonyl (C=O) groups is 1. The highest BCUT2D eigenvalue weighted by Gasteiger charge is 2.18. The molecule has 2 aromatic carbocycles. The molecule has 1 N–H and O–H groups in total. The van der Waals surface area contributed by atoms with E-state index in [1.165, 1.54) is 18.1 Å². The monoisotopic (exact) mass is 291 g/mol. The van der Waals surface area contributed by atoms with Crippen molar-refractivity contribution in [2.75, 3.05) is 0 Å². The molecule has 0 aliphatic heterocycles. The van der Waals surface area contributed by atoms with E-state index in [9.17, 15) is 4.79 Å². The van der Waals surface area contributed by atoms with Gasteiger partial charge in [-0.2, -0.15) is 0 Å². The van der Waals surface area contributed by atoms with Gasteiger partial charge in [-0.05, 0) is 24.1 Å². The summed E-state index contributed by atoms with van der Waals surface area (Å²) in [5, 5.41) is 3.07. The molecule has 22 heavy (non-hydrogen) atoms. The number of hydrogen-bond donors (Lipinski definition) is 1. The van der Waals surface area contributed by atoms with E-state index in [2.05, 4.69) is 17.4 Å². The van der Waals surface area contributed by atoms with Gasteiger partial charge in [0.1, 0.15) is 6.26 Å². The van der Waals surface area contributed by atoms with Crippen LogP contribution in [-0.2, 0) is 0 Å². The molecule has 1 heterocycles. The molecule has 3 aromatic rings. The van der Waals surface area contributed by atoms with Crippen molar-refractivity contribution in [3.63, 3.8) is 0 Å². The maximum Gasteiger partial charge on any atom is 0.255 e. The number of hydrogen-bond acceptors (Lipinski definition) is 2. The van der Waals surface area contributed by atoms with Gasteiger partial charge in [-0.15, -0.1) is 0 Å². The lowest BCUT2D eigenvalue weighted by Gasteiger charge is -2.19. The Hall–Kier alpha value is -2.81. The summed E-state index contributed by atoms with van der Waals surface area (Å²) in [5.41, 5.74) is 3.81. The van der Waals surface area contributed by atoms with Gasteiger partial charge in [-0.1, -0.05) is 60.2 Å². The van der Waals surface area contributed by atoms with E-state index in [1.807, 2.05) is 49.4 Å². The highest BCUT2D eigenvalue weighted by atomic mass is 16.3. The Kier molecular flexibility index (Phi) is 4.05. The van der Waals surface area contributed by atoms with Crippen LogP contribution in [0.4, 0.5) is 0 Å². The highest BCUT2D eigenvalue weighted by molar-refractivity contribution is 5.94. The Morgan fingerprint density at radius 1 is 0.955 bits per heavy atom. The molecule has 110 valence electrons. The van der Waals surface area contributed by atoms with Gasteiger partial charge in [0.2, 0.25) is 0 Å². The van der Waals surface area contributed by atoms with Crippen molar-refractivity contribution in [1.82, 2.24) is 5.32 Å². The highest BCUT2D eigenvalue weighted by Crippen LogP contribution is 2.23. The molecule has 0 bridgehead atoms. The van der Waals surface area contributed by atoms with Crippen molar-refractivity contribution in [3.05, 3.63) is 95.4 Å². The number of benzene rings is 2. The summed E-state index contributed by atoms with van der Waals surface area (Å²) < 4.78 is 4.98. The van der Waals surface area contributed by atoms with Gasteiger partial charge in [0.25, 0.3) is 5.91 Å². The summed E-state index contributed by atoms with van der Waals surface area (Å²) in [5.74, 6) is -0.150. The van der Waals surface area contributed by atoms with Crippen LogP contribution in [0.5, 0.6) is 0 Å². The van der Waals surface area contributed by atoms with E-state index in [1.54, 1.807) is 6.07 Å². The minimum atomic E-state index is -0.191. The molecule has 0 fully saturated rings. The van der Waals surface area contributed by atoms with Crippen LogP contribution in [0.25, 0.3) is 0 Å². The van der Waals surface area contributed by atoms with Gasteiger partial charge < -0.3 is 9.73 Å². The Balaban J connectivity index is 1.93. The van der Waals surface area contributed by atoms with Crippen LogP contribution in [0.15, 0.2) is 77.6 Å². The quantitative estimate of drug-likeness (QED) is 0.786. The molecule has 0 radical (unpaired) electrons. The van der Waals surface area contributed by atoms with Gasteiger partial charge in [-0.3, -0.25) is 4.79 Å². The summed E-state index contributed by atoms with van der Waals surface area (Å²) in [6.45, 7) is 2.05. The summed E-state index contributed by atoms with van der Waals surface area (Å²) in [7, 11) is 0. The maximum atomic E-state index is 12.4. The largest absolute Gasteiger partial charge is 0.472 e. The third kappa shape index (κ3) is 3.09. The van der Waals surface area contributed by atoms with E-state index in [4.69, 9.17) is 4.42 Å². The first-order chi connectivity index (χ1) is 10.7. The summed E-state index contributed by atoms with van der Waals surface area (Å²) in [6.07, 6.45) is 2.95. The zero-order valence-electron chi connectivity index (χ0n) is 12.3. The van der Waals surface area contributed by atoms with Gasteiger partial charge in [0.05, 0.1) is 17.9 Å². The van der Waals surface area contributed by atoms with Crippen LogP contribution in [0.3, 0.4) is 0 Å². The summed E-state index contributed by atoms with van der Waals surface area (Å²) >= 11 is 0. The standard InChI is InChI=1S/C19H17NO2/c1-14-7-9-16(10-8-14)18(15-5-3-2-4-6-15)20-19(21)17-11-12-22-13-17/h2-13,18H,1H3,(H,20,21). The maximum absolute atomic E-state index is 12.4. The third-order valence-electron chi connectivity index (χ3n) is 3.60. The second-order valence-corrected chi connectivity index (χ2v) is 5.24. The lowest BCUT2D eigenvalue weighted by atomic mass is 9.97. The zero-order valence-corrected chi connectivity index (χ0v) is 12.3. The number of furan rings is 1. The first-order valence-corrected chi connectivity index (χ1v) is 7.18. The molecule has 3 rings (SSSR count). The van der Waals surface area contributed by atoms with E-state index in [0.717, 1.165) is 11.1 Å². The van der Waals surface area contributed by atoms with Crippen LogP contribution in [0.2, 0.25) is 0 Å². The molecule has 1 amide bonds. The third-order valence-corrected chi connectivity index (χ3v) is 3.60. The van der Waals surface area contributed by atoms with E-state index in [-0.39, 0.29) is 11.9 Å². The first-order valence-electron chi connectivity index (χ1n) is 7.18. The average Bonchev–Trinajstić information content (AvgIpc) is 3.09. The van der Waals surface area contributed by atoms with Gasteiger partial charge in [0.15, 0.2) is 0 Å². The molecular weight excluding hydrogens is 274 g/mol. The van der Waals surface area contributed by atoms with Crippen LogP contribution in [-0.4, -0.2) is 5.91 Å². The second-order valence-electron chi connectivity index (χ2n) is 5.24. The fourth-order valence-electron chi connectivity index (χ4n) is 2.37. The molecule has 0 saturated heterocycles. The fourth-order valence-corrected chi connectivity index (χ4v) is 2.37. The number of rotatable bonds is 4. The predicted molar refractivity (Wildman–Crippen MR) is 85.6 cm³/mol.